The minimum absolute atomic E-state index is 0.216. The molecule has 1 aliphatic rings. The molecule has 0 aromatic heterocycles. The van der Waals surface area contributed by atoms with E-state index in [2.05, 4.69) is 12.2 Å². The summed E-state index contributed by atoms with van der Waals surface area (Å²) >= 11 is 1.84. The van der Waals surface area contributed by atoms with Gasteiger partial charge >= 0.3 is 0 Å². The Balaban J connectivity index is 2.25. The SMILES string of the molecule is CCCNC(c1c(F)cccc1F)C1CCCCS1. The smallest absolute Gasteiger partial charge is 0.130 e. The van der Waals surface area contributed by atoms with Crippen LogP contribution >= 0.6 is 11.8 Å². The lowest BCUT2D eigenvalue weighted by Crippen LogP contribution is -2.33. The summed E-state index contributed by atoms with van der Waals surface area (Å²) in [5.41, 5.74) is 0.218. The summed E-state index contributed by atoms with van der Waals surface area (Å²) < 4.78 is 28.0. The van der Waals surface area contributed by atoms with Crippen molar-refractivity contribution in [3.63, 3.8) is 0 Å². The molecule has 106 valence electrons. The van der Waals surface area contributed by atoms with E-state index in [1.54, 1.807) is 0 Å². The van der Waals surface area contributed by atoms with Crippen molar-refractivity contribution in [3.05, 3.63) is 35.4 Å². The van der Waals surface area contributed by atoms with Crippen molar-refractivity contribution in [1.82, 2.24) is 5.32 Å². The number of hydrogen-bond donors (Lipinski definition) is 1. The van der Waals surface area contributed by atoms with Gasteiger partial charge in [0.2, 0.25) is 0 Å². The minimum Gasteiger partial charge on any atom is -0.309 e. The highest BCUT2D eigenvalue weighted by atomic mass is 32.2. The second-order valence-electron chi connectivity index (χ2n) is 4.97. The average Bonchev–Trinajstić information content (AvgIpc) is 2.43. The summed E-state index contributed by atoms with van der Waals surface area (Å²) in [6.07, 6.45) is 4.35. The van der Waals surface area contributed by atoms with E-state index in [9.17, 15) is 8.78 Å². The fourth-order valence-corrected chi connectivity index (χ4v) is 3.99. The molecule has 1 aliphatic heterocycles. The monoisotopic (exact) mass is 285 g/mol. The third kappa shape index (κ3) is 3.69. The summed E-state index contributed by atoms with van der Waals surface area (Å²) in [5.74, 6) is 0.227. The van der Waals surface area contributed by atoms with E-state index < -0.39 is 11.6 Å². The van der Waals surface area contributed by atoms with Crippen molar-refractivity contribution in [1.29, 1.82) is 0 Å². The first kappa shape index (κ1) is 14.8. The molecule has 2 atom stereocenters. The largest absolute Gasteiger partial charge is 0.309 e. The number of thioether (sulfide) groups is 1. The molecule has 1 N–H and O–H groups in total. The zero-order chi connectivity index (χ0) is 13.7. The Morgan fingerprint density at radius 3 is 2.63 bits per heavy atom. The molecule has 19 heavy (non-hydrogen) atoms. The van der Waals surface area contributed by atoms with E-state index >= 15 is 0 Å². The van der Waals surface area contributed by atoms with Crippen LogP contribution in [0, 0.1) is 11.6 Å². The van der Waals surface area contributed by atoms with Gasteiger partial charge in [0.25, 0.3) is 0 Å². The van der Waals surface area contributed by atoms with Gasteiger partial charge in [-0.05, 0) is 43.7 Å². The van der Waals surface area contributed by atoms with Crippen LogP contribution < -0.4 is 5.32 Å². The van der Waals surface area contributed by atoms with Crippen molar-refractivity contribution in [3.8, 4) is 0 Å². The van der Waals surface area contributed by atoms with Crippen LogP contribution in [-0.2, 0) is 0 Å². The van der Waals surface area contributed by atoms with Crippen LogP contribution in [0.2, 0.25) is 0 Å². The molecule has 1 heterocycles. The first-order valence-corrected chi connectivity index (χ1v) is 8.07. The Kier molecular flexibility index (Phi) is 5.64. The van der Waals surface area contributed by atoms with E-state index in [-0.39, 0.29) is 16.9 Å². The van der Waals surface area contributed by atoms with Crippen LogP contribution in [0.1, 0.15) is 44.2 Å². The molecule has 0 radical (unpaired) electrons. The summed E-state index contributed by atoms with van der Waals surface area (Å²) in [5, 5.41) is 3.61. The second kappa shape index (κ2) is 7.25. The van der Waals surface area contributed by atoms with Crippen molar-refractivity contribution in [2.75, 3.05) is 12.3 Å². The van der Waals surface area contributed by atoms with Gasteiger partial charge in [-0.15, -0.1) is 0 Å². The summed E-state index contributed by atoms with van der Waals surface area (Å²) in [6.45, 7) is 2.85. The molecular weight excluding hydrogens is 264 g/mol. The van der Waals surface area contributed by atoms with Gasteiger partial charge in [-0.1, -0.05) is 19.4 Å². The average molecular weight is 285 g/mol. The van der Waals surface area contributed by atoms with E-state index in [1.165, 1.54) is 24.6 Å². The van der Waals surface area contributed by atoms with Crippen LogP contribution in [0.3, 0.4) is 0 Å². The highest BCUT2D eigenvalue weighted by Gasteiger charge is 2.29. The normalized spacial score (nSPS) is 21.3. The standard InChI is InChI=1S/C15H21F2NS/c1-2-9-18-15(13-8-3-4-10-19-13)14-11(16)6-5-7-12(14)17/h5-7,13,15,18H,2-4,8-10H2,1H3. The molecule has 0 saturated carbocycles. The van der Waals surface area contributed by atoms with Gasteiger partial charge in [0, 0.05) is 16.9 Å². The molecule has 4 heteroatoms. The van der Waals surface area contributed by atoms with Crippen LogP contribution in [0.5, 0.6) is 0 Å². The van der Waals surface area contributed by atoms with Crippen LogP contribution in [-0.4, -0.2) is 17.5 Å². The van der Waals surface area contributed by atoms with Gasteiger partial charge in [0.05, 0.1) is 0 Å². The highest BCUT2D eigenvalue weighted by Crippen LogP contribution is 2.36. The van der Waals surface area contributed by atoms with Gasteiger partial charge < -0.3 is 5.32 Å². The Morgan fingerprint density at radius 2 is 2.05 bits per heavy atom. The van der Waals surface area contributed by atoms with Crippen molar-refractivity contribution in [2.45, 2.75) is 43.9 Å². The first-order valence-electron chi connectivity index (χ1n) is 7.03. The lowest BCUT2D eigenvalue weighted by atomic mass is 9.98. The number of nitrogens with one attached hydrogen (secondary N) is 1. The summed E-state index contributed by atoms with van der Waals surface area (Å²) in [7, 11) is 0. The number of hydrogen-bond acceptors (Lipinski definition) is 2. The maximum Gasteiger partial charge on any atom is 0.130 e. The van der Waals surface area contributed by atoms with Crippen LogP contribution in [0.4, 0.5) is 8.78 Å². The summed E-state index contributed by atoms with van der Waals surface area (Å²) in [6, 6.07) is 3.92. The maximum atomic E-state index is 14.0. The molecule has 0 spiro atoms. The molecular formula is C15H21F2NS. The quantitative estimate of drug-likeness (QED) is 0.866. The lowest BCUT2D eigenvalue weighted by Gasteiger charge is -2.31. The third-order valence-corrected chi connectivity index (χ3v) is 4.97. The molecule has 1 saturated heterocycles. The van der Waals surface area contributed by atoms with E-state index in [0.29, 0.717) is 0 Å². The van der Waals surface area contributed by atoms with Crippen LogP contribution in [0.25, 0.3) is 0 Å². The van der Waals surface area contributed by atoms with E-state index in [4.69, 9.17) is 0 Å². The first-order chi connectivity index (χ1) is 9.24. The number of halogens is 2. The van der Waals surface area contributed by atoms with Gasteiger partial charge in [0.15, 0.2) is 0 Å². The van der Waals surface area contributed by atoms with Gasteiger partial charge in [-0.3, -0.25) is 0 Å². The van der Waals surface area contributed by atoms with Gasteiger partial charge in [-0.25, -0.2) is 8.78 Å². The maximum absolute atomic E-state index is 14.0. The van der Waals surface area contributed by atoms with Crippen molar-refractivity contribution >= 4 is 11.8 Å². The molecule has 0 aliphatic carbocycles. The van der Waals surface area contributed by atoms with E-state index in [1.807, 2.05) is 11.8 Å². The predicted octanol–water partition coefficient (Wildman–Crippen LogP) is 4.29. The Bertz CT molecular complexity index is 385. The molecule has 1 nitrogen and oxygen atoms in total. The summed E-state index contributed by atoms with van der Waals surface area (Å²) in [4.78, 5) is 0. The van der Waals surface area contributed by atoms with Gasteiger partial charge in [0.1, 0.15) is 11.6 Å². The number of rotatable bonds is 5. The van der Waals surface area contributed by atoms with Crippen LogP contribution in [0.15, 0.2) is 18.2 Å². The molecule has 1 fully saturated rings. The lowest BCUT2D eigenvalue weighted by molar-refractivity contribution is 0.436. The highest BCUT2D eigenvalue weighted by molar-refractivity contribution is 8.00. The Morgan fingerprint density at radius 1 is 1.32 bits per heavy atom. The van der Waals surface area contributed by atoms with Crippen molar-refractivity contribution in [2.24, 2.45) is 0 Å². The fraction of sp³-hybridized carbons (Fsp3) is 0.600. The van der Waals surface area contributed by atoms with Crippen molar-refractivity contribution < 1.29 is 8.78 Å². The molecule has 0 amide bonds. The molecule has 2 unspecified atom stereocenters. The molecule has 2 rings (SSSR count). The fourth-order valence-electron chi connectivity index (χ4n) is 2.56. The topological polar surface area (TPSA) is 12.0 Å². The van der Waals surface area contributed by atoms with Gasteiger partial charge in [-0.2, -0.15) is 11.8 Å². The third-order valence-electron chi connectivity index (χ3n) is 3.51. The molecule has 1 aromatic rings. The zero-order valence-electron chi connectivity index (χ0n) is 11.3. The predicted molar refractivity (Wildman–Crippen MR) is 77.5 cm³/mol. The Labute approximate surface area is 118 Å². The Hall–Kier alpha value is -0.610. The molecule has 0 bridgehead atoms. The minimum atomic E-state index is -0.431. The number of benzene rings is 1. The zero-order valence-corrected chi connectivity index (χ0v) is 12.1. The second-order valence-corrected chi connectivity index (χ2v) is 6.32. The van der Waals surface area contributed by atoms with E-state index in [0.717, 1.165) is 31.6 Å². The molecule has 1 aromatic carbocycles.